The van der Waals surface area contributed by atoms with Crippen LogP contribution in [0.1, 0.15) is 12.5 Å². The van der Waals surface area contributed by atoms with Crippen molar-refractivity contribution in [3.05, 3.63) is 47.5 Å². The van der Waals surface area contributed by atoms with Crippen molar-refractivity contribution in [3.63, 3.8) is 0 Å². The van der Waals surface area contributed by atoms with Crippen LogP contribution in [0.4, 0.5) is 0 Å². The quantitative estimate of drug-likeness (QED) is 0.353. The van der Waals surface area contributed by atoms with Gasteiger partial charge < -0.3 is 4.74 Å². The molecule has 4 heteroatoms. The zero-order chi connectivity index (χ0) is 12.5. The highest BCUT2D eigenvalue weighted by Gasteiger charge is 2.00. The summed E-state index contributed by atoms with van der Waals surface area (Å²) in [6.45, 7) is 2.66. The van der Waals surface area contributed by atoms with E-state index in [1.807, 2.05) is 30.3 Å². The van der Waals surface area contributed by atoms with E-state index < -0.39 is 0 Å². The van der Waals surface area contributed by atoms with Gasteiger partial charge >= 0.3 is 5.97 Å². The zero-order valence-corrected chi connectivity index (χ0v) is 10.1. The van der Waals surface area contributed by atoms with Crippen LogP contribution in [-0.4, -0.2) is 19.6 Å². The normalized spacial score (nSPS) is 11.3. The number of nitrogens with one attached hydrogen (secondary N) is 1. The fraction of sp³-hybridized carbons (Fsp3) is 0.308. The minimum absolute atomic E-state index is 0.324. The lowest BCUT2D eigenvalue weighted by molar-refractivity contribution is -0.136. The maximum Gasteiger partial charge on any atom is 0.333 e. The molecule has 0 saturated carbocycles. The number of hydroxylamine groups is 1. The Morgan fingerprint density at radius 2 is 2.06 bits per heavy atom. The molecule has 0 aliphatic heterocycles. The average Bonchev–Trinajstić information content (AvgIpc) is 2.38. The van der Waals surface area contributed by atoms with E-state index in [0.29, 0.717) is 18.7 Å². The summed E-state index contributed by atoms with van der Waals surface area (Å²) in [5, 5.41) is 0. The highest BCUT2D eigenvalue weighted by atomic mass is 16.6. The van der Waals surface area contributed by atoms with Crippen LogP contribution >= 0.6 is 0 Å². The Hall–Kier alpha value is -1.65. The van der Waals surface area contributed by atoms with Crippen LogP contribution in [0.2, 0.25) is 0 Å². The second-order valence-electron chi connectivity index (χ2n) is 3.50. The van der Waals surface area contributed by atoms with Gasteiger partial charge in [0.15, 0.2) is 0 Å². The molecule has 17 heavy (non-hydrogen) atoms. The lowest BCUT2D eigenvalue weighted by Crippen LogP contribution is -2.15. The predicted molar refractivity (Wildman–Crippen MR) is 65.0 cm³/mol. The first-order chi connectivity index (χ1) is 8.24. The average molecular weight is 235 g/mol. The SMILES string of the molecule is COC(=O)/C(C)=C/CNOCc1ccccc1. The first-order valence-electron chi connectivity index (χ1n) is 5.37. The van der Waals surface area contributed by atoms with Crippen molar-refractivity contribution < 1.29 is 14.4 Å². The molecule has 0 heterocycles. The van der Waals surface area contributed by atoms with Crippen LogP contribution in [0.3, 0.4) is 0 Å². The van der Waals surface area contributed by atoms with E-state index in [0.717, 1.165) is 5.56 Å². The molecular formula is C13H17NO3. The Morgan fingerprint density at radius 1 is 1.35 bits per heavy atom. The number of carbonyl (C=O) groups is 1. The Kier molecular flexibility index (Phi) is 5.99. The molecule has 0 fully saturated rings. The van der Waals surface area contributed by atoms with Gasteiger partial charge in [-0.15, -0.1) is 0 Å². The van der Waals surface area contributed by atoms with Crippen molar-refractivity contribution in [3.8, 4) is 0 Å². The molecule has 0 amide bonds. The molecule has 0 unspecified atom stereocenters. The fourth-order valence-corrected chi connectivity index (χ4v) is 1.21. The number of carbonyl (C=O) groups excluding carboxylic acids is 1. The lowest BCUT2D eigenvalue weighted by Gasteiger charge is -2.04. The number of hydrogen-bond donors (Lipinski definition) is 1. The lowest BCUT2D eigenvalue weighted by atomic mass is 10.2. The van der Waals surface area contributed by atoms with Crippen LogP contribution in [-0.2, 0) is 21.0 Å². The van der Waals surface area contributed by atoms with Crippen molar-refractivity contribution in [2.24, 2.45) is 0 Å². The van der Waals surface area contributed by atoms with E-state index in [9.17, 15) is 4.79 Å². The Labute approximate surface area is 101 Å². The summed E-state index contributed by atoms with van der Waals surface area (Å²) in [5.74, 6) is -0.324. The molecule has 1 rings (SSSR count). The summed E-state index contributed by atoms with van der Waals surface area (Å²) >= 11 is 0. The zero-order valence-electron chi connectivity index (χ0n) is 10.1. The van der Waals surface area contributed by atoms with Crippen molar-refractivity contribution in [1.29, 1.82) is 0 Å². The Bertz CT molecular complexity index is 374. The van der Waals surface area contributed by atoms with Gasteiger partial charge in [-0.05, 0) is 12.5 Å². The summed E-state index contributed by atoms with van der Waals surface area (Å²) in [7, 11) is 1.36. The summed E-state index contributed by atoms with van der Waals surface area (Å²) in [6.07, 6.45) is 1.72. The topological polar surface area (TPSA) is 47.6 Å². The van der Waals surface area contributed by atoms with Crippen LogP contribution in [0.25, 0.3) is 0 Å². The van der Waals surface area contributed by atoms with Gasteiger partial charge in [0.05, 0.1) is 13.7 Å². The molecule has 0 aliphatic carbocycles. The maximum atomic E-state index is 11.0. The van der Waals surface area contributed by atoms with Gasteiger partial charge in [0.1, 0.15) is 0 Å². The second kappa shape index (κ2) is 7.60. The molecule has 4 nitrogen and oxygen atoms in total. The molecule has 0 saturated heterocycles. The van der Waals surface area contributed by atoms with E-state index in [4.69, 9.17) is 4.84 Å². The summed E-state index contributed by atoms with van der Waals surface area (Å²) < 4.78 is 4.56. The highest BCUT2D eigenvalue weighted by Crippen LogP contribution is 1.99. The predicted octanol–water partition coefficient (Wildman–Crippen LogP) is 1.83. The van der Waals surface area contributed by atoms with Crippen molar-refractivity contribution in [2.75, 3.05) is 13.7 Å². The number of ether oxygens (including phenoxy) is 1. The number of benzene rings is 1. The first kappa shape index (κ1) is 13.4. The molecule has 0 bridgehead atoms. The smallest absolute Gasteiger partial charge is 0.333 e. The third-order valence-corrected chi connectivity index (χ3v) is 2.18. The second-order valence-corrected chi connectivity index (χ2v) is 3.50. The monoisotopic (exact) mass is 235 g/mol. The third kappa shape index (κ3) is 5.29. The van der Waals surface area contributed by atoms with Crippen LogP contribution in [0.15, 0.2) is 42.0 Å². The number of hydrogen-bond acceptors (Lipinski definition) is 4. The highest BCUT2D eigenvalue weighted by molar-refractivity contribution is 5.87. The van der Waals surface area contributed by atoms with Gasteiger partial charge in [-0.2, -0.15) is 5.48 Å². The number of methoxy groups -OCH3 is 1. The summed E-state index contributed by atoms with van der Waals surface area (Å²) in [5.41, 5.74) is 4.41. The van der Waals surface area contributed by atoms with Crippen LogP contribution in [0, 0.1) is 0 Å². The molecule has 0 aliphatic rings. The van der Waals surface area contributed by atoms with Gasteiger partial charge in [0, 0.05) is 12.1 Å². The molecule has 92 valence electrons. The number of esters is 1. The van der Waals surface area contributed by atoms with Crippen molar-refractivity contribution >= 4 is 5.97 Å². The van der Waals surface area contributed by atoms with Crippen LogP contribution < -0.4 is 5.48 Å². The number of rotatable bonds is 6. The molecule has 0 spiro atoms. The molecule has 1 aromatic carbocycles. The Balaban J connectivity index is 2.19. The summed E-state index contributed by atoms with van der Waals surface area (Å²) in [4.78, 5) is 16.3. The molecule has 1 N–H and O–H groups in total. The van der Waals surface area contributed by atoms with E-state index in [-0.39, 0.29) is 5.97 Å². The largest absolute Gasteiger partial charge is 0.466 e. The minimum Gasteiger partial charge on any atom is -0.466 e. The van der Waals surface area contributed by atoms with Gasteiger partial charge in [0.2, 0.25) is 0 Å². The van der Waals surface area contributed by atoms with E-state index >= 15 is 0 Å². The summed E-state index contributed by atoms with van der Waals surface area (Å²) in [6, 6.07) is 9.84. The Morgan fingerprint density at radius 3 is 2.71 bits per heavy atom. The molecule has 0 atom stereocenters. The third-order valence-electron chi connectivity index (χ3n) is 2.18. The van der Waals surface area contributed by atoms with Crippen molar-refractivity contribution in [1.82, 2.24) is 5.48 Å². The standard InChI is InChI=1S/C13H17NO3/c1-11(13(15)16-2)8-9-14-17-10-12-6-4-3-5-7-12/h3-8,14H,9-10H2,1-2H3/b11-8+. The van der Waals surface area contributed by atoms with E-state index in [2.05, 4.69) is 10.2 Å². The van der Waals surface area contributed by atoms with E-state index in [1.54, 1.807) is 13.0 Å². The molecule has 0 radical (unpaired) electrons. The molecule has 0 aromatic heterocycles. The molecular weight excluding hydrogens is 218 g/mol. The first-order valence-corrected chi connectivity index (χ1v) is 5.37. The van der Waals surface area contributed by atoms with Gasteiger partial charge in [-0.1, -0.05) is 36.4 Å². The molecule has 1 aromatic rings. The van der Waals surface area contributed by atoms with Gasteiger partial charge in [0.25, 0.3) is 0 Å². The fourth-order valence-electron chi connectivity index (χ4n) is 1.21. The van der Waals surface area contributed by atoms with Gasteiger partial charge in [-0.25, -0.2) is 4.79 Å². The van der Waals surface area contributed by atoms with Crippen LogP contribution in [0.5, 0.6) is 0 Å². The maximum absolute atomic E-state index is 11.0. The van der Waals surface area contributed by atoms with Crippen molar-refractivity contribution in [2.45, 2.75) is 13.5 Å². The van der Waals surface area contributed by atoms with E-state index in [1.165, 1.54) is 7.11 Å². The minimum atomic E-state index is -0.324. The van der Waals surface area contributed by atoms with Gasteiger partial charge in [-0.3, -0.25) is 4.84 Å².